The van der Waals surface area contributed by atoms with Crippen molar-refractivity contribution in [2.24, 2.45) is 11.1 Å². The molecule has 74 valence electrons. The molecule has 1 aromatic heterocycles. The molecule has 0 aliphatic carbocycles. The maximum absolute atomic E-state index is 5.41. The van der Waals surface area contributed by atoms with Gasteiger partial charge in [0.2, 0.25) is 0 Å². The van der Waals surface area contributed by atoms with Gasteiger partial charge in [-0.1, -0.05) is 20.8 Å². The lowest BCUT2D eigenvalue weighted by Gasteiger charge is -2.17. The number of hydrogen-bond donors (Lipinski definition) is 1. The molecular formula is C9H18N4. The largest absolute Gasteiger partial charge is 0.324 e. The van der Waals surface area contributed by atoms with Crippen molar-refractivity contribution in [2.75, 3.05) is 0 Å². The van der Waals surface area contributed by atoms with E-state index in [1.54, 1.807) is 6.33 Å². The van der Waals surface area contributed by atoms with E-state index in [4.69, 9.17) is 5.73 Å². The van der Waals surface area contributed by atoms with E-state index >= 15 is 0 Å². The molecule has 0 aromatic carbocycles. The second kappa shape index (κ2) is 3.87. The molecule has 4 nitrogen and oxygen atoms in total. The fraction of sp³-hybridized carbons (Fsp3) is 0.778. The van der Waals surface area contributed by atoms with E-state index < -0.39 is 0 Å². The molecule has 0 aliphatic rings. The second-order valence-corrected chi connectivity index (χ2v) is 4.44. The van der Waals surface area contributed by atoms with Gasteiger partial charge in [0, 0.05) is 6.54 Å². The van der Waals surface area contributed by atoms with Gasteiger partial charge >= 0.3 is 0 Å². The molecule has 0 amide bonds. The van der Waals surface area contributed by atoms with Crippen LogP contribution in [0, 0.1) is 5.41 Å². The maximum atomic E-state index is 5.41. The summed E-state index contributed by atoms with van der Waals surface area (Å²) in [6.07, 6.45) is 2.84. The van der Waals surface area contributed by atoms with Crippen LogP contribution < -0.4 is 5.73 Å². The van der Waals surface area contributed by atoms with Gasteiger partial charge < -0.3 is 5.73 Å². The highest BCUT2D eigenvalue weighted by Crippen LogP contribution is 2.18. The Hall–Kier alpha value is -0.900. The smallest absolute Gasteiger partial charge is 0.164 e. The van der Waals surface area contributed by atoms with Crippen molar-refractivity contribution in [3.8, 4) is 0 Å². The van der Waals surface area contributed by atoms with Gasteiger partial charge in [-0.2, -0.15) is 5.10 Å². The summed E-state index contributed by atoms with van der Waals surface area (Å²) >= 11 is 0. The lowest BCUT2D eigenvalue weighted by molar-refractivity contribution is 0.340. The molecule has 13 heavy (non-hydrogen) atoms. The van der Waals surface area contributed by atoms with Gasteiger partial charge in [0.15, 0.2) is 5.82 Å². The van der Waals surface area contributed by atoms with Crippen LogP contribution in [0.5, 0.6) is 0 Å². The highest BCUT2D eigenvalue weighted by Gasteiger charge is 2.10. The fourth-order valence-corrected chi connectivity index (χ4v) is 0.984. The van der Waals surface area contributed by atoms with E-state index in [0.717, 1.165) is 13.0 Å². The van der Waals surface area contributed by atoms with Gasteiger partial charge in [-0.3, -0.25) is 4.68 Å². The first-order chi connectivity index (χ1) is 6.01. The molecule has 0 saturated heterocycles. The van der Waals surface area contributed by atoms with Crippen molar-refractivity contribution >= 4 is 0 Å². The number of aryl methyl sites for hydroxylation is 1. The zero-order valence-electron chi connectivity index (χ0n) is 8.62. The highest BCUT2D eigenvalue weighted by atomic mass is 15.3. The highest BCUT2D eigenvalue weighted by molar-refractivity contribution is 4.79. The van der Waals surface area contributed by atoms with Crippen LogP contribution in [-0.4, -0.2) is 14.8 Å². The Morgan fingerprint density at radius 1 is 1.46 bits per heavy atom. The molecule has 4 heteroatoms. The van der Waals surface area contributed by atoms with Crippen LogP contribution in [0.4, 0.5) is 0 Å². The number of nitrogens with two attached hydrogens (primary N) is 1. The quantitative estimate of drug-likeness (QED) is 0.763. The molecule has 0 spiro atoms. The molecule has 0 fully saturated rings. The van der Waals surface area contributed by atoms with Crippen molar-refractivity contribution in [2.45, 2.75) is 40.3 Å². The molecular weight excluding hydrogens is 164 g/mol. The summed E-state index contributed by atoms with van der Waals surface area (Å²) in [6.45, 7) is 7.98. The van der Waals surface area contributed by atoms with Crippen LogP contribution in [0.25, 0.3) is 0 Å². The normalized spacial score (nSPS) is 12.0. The molecule has 1 rings (SSSR count). The minimum atomic E-state index is 0.342. The first-order valence-electron chi connectivity index (χ1n) is 4.60. The lowest BCUT2D eigenvalue weighted by Crippen LogP contribution is -2.11. The minimum Gasteiger partial charge on any atom is -0.324 e. The summed E-state index contributed by atoms with van der Waals surface area (Å²) in [5.74, 6) is 0.717. The average molecular weight is 182 g/mol. The van der Waals surface area contributed by atoms with Crippen molar-refractivity contribution in [3.63, 3.8) is 0 Å². The van der Waals surface area contributed by atoms with E-state index in [2.05, 4.69) is 30.9 Å². The zero-order valence-corrected chi connectivity index (χ0v) is 8.62. The Bertz CT molecular complexity index is 259. The third-order valence-electron chi connectivity index (χ3n) is 1.86. The molecule has 2 N–H and O–H groups in total. The molecule has 1 heterocycles. The van der Waals surface area contributed by atoms with Gasteiger partial charge in [-0.25, -0.2) is 4.98 Å². The first-order valence-corrected chi connectivity index (χ1v) is 4.60. The zero-order chi connectivity index (χ0) is 9.90. The fourth-order valence-electron chi connectivity index (χ4n) is 0.984. The van der Waals surface area contributed by atoms with Crippen molar-refractivity contribution in [1.82, 2.24) is 14.8 Å². The summed E-state index contributed by atoms with van der Waals surface area (Å²) in [5, 5.41) is 4.21. The van der Waals surface area contributed by atoms with E-state index in [-0.39, 0.29) is 0 Å². The van der Waals surface area contributed by atoms with E-state index in [1.807, 2.05) is 4.68 Å². The van der Waals surface area contributed by atoms with Gasteiger partial charge in [0.05, 0.1) is 6.54 Å². The molecule has 0 atom stereocenters. The van der Waals surface area contributed by atoms with Crippen molar-refractivity contribution in [1.29, 1.82) is 0 Å². The van der Waals surface area contributed by atoms with Crippen LogP contribution in [0.1, 0.15) is 33.0 Å². The van der Waals surface area contributed by atoms with Gasteiger partial charge in [0.1, 0.15) is 6.33 Å². The van der Waals surface area contributed by atoms with Crippen LogP contribution in [0.3, 0.4) is 0 Å². The van der Waals surface area contributed by atoms with Gasteiger partial charge in [-0.05, 0) is 11.8 Å². The minimum absolute atomic E-state index is 0.342. The molecule has 0 unspecified atom stereocenters. The third-order valence-corrected chi connectivity index (χ3v) is 1.86. The van der Waals surface area contributed by atoms with Crippen LogP contribution in [-0.2, 0) is 13.1 Å². The number of nitrogens with zero attached hydrogens (tertiary/aromatic N) is 3. The number of aromatic nitrogens is 3. The third kappa shape index (κ3) is 3.55. The Labute approximate surface area is 79.2 Å². The van der Waals surface area contributed by atoms with E-state index in [1.165, 1.54) is 0 Å². The second-order valence-electron chi connectivity index (χ2n) is 4.44. The van der Waals surface area contributed by atoms with E-state index in [0.29, 0.717) is 17.8 Å². The lowest BCUT2D eigenvalue weighted by atomic mass is 9.92. The molecule has 0 radical (unpaired) electrons. The predicted molar refractivity (Wildman–Crippen MR) is 52.0 cm³/mol. The van der Waals surface area contributed by atoms with E-state index in [9.17, 15) is 0 Å². The summed E-state index contributed by atoms with van der Waals surface area (Å²) in [6, 6.07) is 0. The molecule has 1 aromatic rings. The average Bonchev–Trinajstić information content (AvgIpc) is 2.47. The summed E-state index contributed by atoms with van der Waals surface area (Å²) < 4.78 is 1.85. The topological polar surface area (TPSA) is 56.7 Å². The predicted octanol–water partition coefficient (Wildman–Crippen LogP) is 1.17. The van der Waals surface area contributed by atoms with Gasteiger partial charge in [-0.15, -0.1) is 0 Å². The Morgan fingerprint density at radius 2 is 2.15 bits per heavy atom. The summed E-state index contributed by atoms with van der Waals surface area (Å²) in [5.41, 5.74) is 5.75. The first kappa shape index (κ1) is 10.2. The molecule has 0 bridgehead atoms. The number of hydrogen-bond acceptors (Lipinski definition) is 3. The van der Waals surface area contributed by atoms with Crippen LogP contribution >= 0.6 is 0 Å². The molecule has 0 saturated carbocycles. The Kier molecular flexibility index (Phi) is 3.03. The molecule has 0 aliphatic heterocycles. The van der Waals surface area contributed by atoms with Crippen LogP contribution in [0.2, 0.25) is 0 Å². The van der Waals surface area contributed by atoms with Gasteiger partial charge in [0.25, 0.3) is 0 Å². The SMILES string of the molecule is CC(C)(C)CCn1cnc(CN)n1. The standard InChI is InChI=1S/C9H18N4/c1-9(2,3)4-5-13-7-11-8(6-10)12-13/h7H,4-6,10H2,1-3H3. The Morgan fingerprint density at radius 3 is 2.62 bits per heavy atom. The monoisotopic (exact) mass is 182 g/mol. The maximum Gasteiger partial charge on any atom is 0.164 e. The summed E-state index contributed by atoms with van der Waals surface area (Å²) in [7, 11) is 0. The van der Waals surface area contributed by atoms with Crippen molar-refractivity contribution in [3.05, 3.63) is 12.2 Å². The summed E-state index contributed by atoms with van der Waals surface area (Å²) in [4.78, 5) is 4.06. The Balaban J connectivity index is 2.46. The van der Waals surface area contributed by atoms with Crippen molar-refractivity contribution < 1.29 is 0 Å². The number of rotatable bonds is 3. The van der Waals surface area contributed by atoms with Crippen LogP contribution in [0.15, 0.2) is 6.33 Å².